The van der Waals surface area contributed by atoms with E-state index in [4.69, 9.17) is 11.6 Å². The highest BCUT2D eigenvalue weighted by molar-refractivity contribution is 7.84. The SMILES string of the molecule is CCS(=O)CCNc1nc[nH]c(=O)c1Cl. The van der Waals surface area contributed by atoms with E-state index in [-0.39, 0.29) is 10.6 Å². The first-order chi connectivity index (χ1) is 7.15. The third-order valence-corrected chi connectivity index (χ3v) is 3.39. The van der Waals surface area contributed by atoms with E-state index in [1.807, 2.05) is 6.92 Å². The number of nitrogens with zero attached hydrogens (tertiary/aromatic N) is 1. The van der Waals surface area contributed by atoms with Gasteiger partial charge in [-0.2, -0.15) is 0 Å². The Morgan fingerprint density at radius 2 is 2.40 bits per heavy atom. The number of aromatic amines is 1. The number of aromatic nitrogens is 2. The Hall–Kier alpha value is -0.880. The number of halogens is 1. The lowest BCUT2D eigenvalue weighted by atomic mass is 10.5. The molecule has 1 heterocycles. The molecule has 1 aromatic rings. The molecule has 0 aromatic carbocycles. The molecule has 0 amide bonds. The minimum Gasteiger partial charge on any atom is -0.368 e. The molecule has 2 N–H and O–H groups in total. The van der Waals surface area contributed by atoms with Crippen molar-refractivity contribution in [2.24, 2.45) is 0 Å². The molecule has 0 aliphatic heterocycles. The minimum absolute atomic E-state index is 0.0276. The lowest BCUT2D eigenvalue weighted by molar-refractivity contribution is 0.684. The summed E-state index contributed by atoms with van der Waals surface area (Å²) in [6.45, 7) is 2.34. The fourth-order valence-electron chi connectivity index (χ4n) is 0.934. The van der Waals surface area contributed by atoms with Gasteiger partial charge >= 0.3 is 0 Å². The third kappa shape index (κ3) is 3.64. The van der Waals surface area contributed by atoms with Gasteiger partial charge in [0.15, 0.2) is 5.82 Å². The predicted molar refractivity (Wildman–Crippen MR) is 61.9 cm³/mol. The number of rotatable bonds is 5. The van der Waals surface area contributed by atoms with E-state index in [2.05, 4.69) is 15.3 Å². The fourth-order valence-corrected chi connectivity index (χ4v) is 1.72. The molecule has 1 unspecified atom stereocenters. The van der Waals surface area contributed by atoms with Crippen LogP contribution in [0.25, 0.3) is 0 Å². The molecule has 0 radical (unpaired) electrons. The van der Waals surface area contributed by atoms with Crippen LogP contribution < -0.4 is 10.9 Å². The molecule has 0 spiro atoms. The van der Waals surface area contributed by atoms with Crippen molar-refractivity contribution < 1.29 is 4.21 Å². The first-order valence-corrected chi connectivity index (χ1v) is 6.33. The van der Waals surface area contributed by atoms with Crippen LogP contribution >= 0.6 is 11.6 Å². The van der Waals surface area contributed by atoms with Crippen molar-refractivity contribution in [2.45, 2.75) is 6.92 Å². The molecule has 15 heavy (non-hydrogen) atoms. The van der Waals surface area contributed by atoms with Gasteiger partial charge in [0.1, 0.15) is 5.02 Å². The summed E-state index contributed by atoms with van der Waals surface area (Å²) < 4.78 is 11.1. The number of H-pyrrole nitrogens is 1. The summed E-state index contributed by atoms with van der Waals surface area (Å²) in [4.78, 5) is 17.3. The Bertz CT molecular complexity index is 407. The van der Waals surface area contributed by atoms with Crippen LogP contribution in [0.3, 0.4) is 0 Å². The monoisotopic (exact) mass is 249 g/mol. The molecule has 0 fully saturated rings. The smallest absolute Gasteiger partial charge is 0.271 e. The van der Waals surface area contributed by atoms with Crippen molar-refractivity contribution in [3.05, 3.63) is 21.7 Å². The number of hydrogen-bond acceptors (Lipinski definition) is 4. The molecule has 0 aliphatic rings. The molecule has 1 atom stereocenters. The number of anilines is 1. The Kier molecular flexibility index (Phi) is 4.77. The summed E-state index contributed by atoms with van der Waals surface area (Å²) in [5.41, 5.74) is -0.384. The van der Waals surface area contributed by atoms with Crippen LogP contribution in [0.4, 0.5) is 5.82 Å². The van der Waals surface area contributed by atoms with Crippen molar-refractivity contribution >= 4 is 28.2 Å². The van der Waals surface area contributed by atoms with Crippen molar-refractivity contribution in [1.82, 2.24) is 9.97 Å². The Balaban J connectivity index is 2.55. The minimum atomic E-state index is -0.832. The van der Waals surface area contributed by atoms with Crippen molar-refractivity contribution in [3.63, 3.8) is 0 Å². The highest BCUT2D eigenvalue weighted by Crippen LogP contribution is 2.11. The number of nitrogens with one attached hydrogen (secondary N) is 2. The summed E-state index contributed by atoms with van der Waals surface area (Å²) in [5.74, 6) is 1.47. The molecular formula is C8H12ClN3O2S. The Labute approximate surface area is 94.7 Å². The largest absolute Gasteiger partial charge is 0.368 e. The van der Waals surface area contributed by atoms with Crippen LogP contribution in [0.15, 0.2) is 11.1 Å². The molecule has 0 saturated heterocycles. The summed E-state index contributed by atoms with van der Waals surface area (Å²) >= 11 is 5.70. The highest BCUT2D eigenvalue weighted by Gasteiger charge is 2.04. The second-order valence-electron chi connectivity index (χ2n) is 2.75. The van der Waals surface area contributed by atoms with E-state index in [9.17, 15) is 9.00 Å². The van der Waals surface area contributed by atoms with Crippen molar-refractivity contribution in [1.29, 1.82) is 0 Å². The van der Waals surface area contributed by atoms with Gasteiger partial charge in [-0.3, -0.25) is 9.00 Å². The second-order valence-corrected chi connectivity index (χ2v) is 5.00. The molecule has 0 aliphatic carbocycles. The summed E-state index contributed by atoms with van der Waals surface area (Å²) in [5, 5.41) is 2.89. The first kappa shape index (κ1) is 12.2. The zero-order chi connectivity index (χ0) is 11.3. The van der Waals surface area contributed by atoms with Crippen LogP contribution in [0.5, 0.6) is 0 Å². The van der Waals surface area contributed by atoms with Crippen molar-refractivity contribution in [2.75, 3.05) is 23.4 Å². The lowest BCUT2D eigenvalue weighted by Gasteiger charge is -2.05. The summed E-state index contributed by atoms with van der Waals surface area (Å²) in [6.07, 6.45) is 1.27. The fraction of sp³-hybridized carbons (Fsp3) is 0.500. The molecule has 7 heteroatoms. The van der Waals surface area contributed by atoms with Crippen molar-refractivity contribution in [3.8, 4) is 0 Å². The molecule has 5 nitrogen and oxygen atoms in total. The van der Waals surface area contributed by atoms with E-state index in [1.165, 1.54) is 6.33 Å². The van der Waals surface area contributed by atoms with Gasteiger partial charge in [0.2, 0.25) is 0 Å². The maximum Gasteiger partial charge on any atom is 0.271 e. The van der Waals surface area contributed by atoms with Gasteiger partial charge in [-0.1, -0.05) is 18.5 Å². The van der Waals surface area contributed by atoms with Crippen LogP contribution in [0, 0.1) is 0 Å². The second kappa shape index (κ2) is 5.87. The maximum atomic E-state index is 11.1. The first-order valence-electron chi connectivity index (χ1n) is 4.47. The van der Waals surface area contributed by atoms with Gasteiger partial charge in [-0.25, -0.2) is 4.98 Å². The van der Waals surface area contributed by atoms with Gasteiger partial charge in [-0.05, 0) is 0 Å². The van der Waals surface area contributed by atoms with Crippen LogP contribution in [0.2, 0.25) is 5.02 Å². The maximum absolute atomic E-state index is 11.1. The average molecular weight is 250 g/mol. The zero-order valence-electron chi connectivity index (χ0n) is 8.25. The zero-order valence-corrected chi connectivity index (χ0v) is 9.82. The normalized spacial score (nSPS) is 12.4. The Morgan fingerprint density at radius 3 is 3.07 bits per heavy atom. The quantitative estimate of drug-likeness (QED) is 0.802. The predicted octanol–water partition coefficient (Wildman–Crippen LogP) is 0.604. The molecule has 0 bridgehead atoms. The van der Waals surface area contributed by atoms with E-state index < -0.39 is 10.8 Å². The number of hydrogen-bond donors (Lipinski definition) is 2. The van der Waals surface area contributed by atoms with Gasteiger partial charge in [-0.15, -0.1) is 0 Å². The van der Waals surface area contributed by atoms with Gasteiger partial charge in [0.05, 0.1) is 6.33 Å². The standard InChI is InChI=1S/C8H12ClN3O2S/c1-2-15(14)4-3-10-7-6(9)8(13)12-5-11-7/h5H,2-4H2,1H3,(H2,10,11,12,13). The lowest BCUT2D eigenvalue weighted by Crippen LogP contribution is -2.16. The third-order valence-electron chi connectivity index (χ3n) is 1.74. The topological polar surface area (TPSA) is 74.8 Å². The van der Waals surface area contributed by atoms with E-state index >= 15 is 0 Å². The van der Waals surface area contributed by atoms with E-state index in [1.54, 1.807) is 0 Å². The summed E-state index contributed by atoms with van der Waals surface area (Å²) in [7, 11) is -0.832. The van der Waals surface area contributed by atoms with Gasteiger partial charge < -0.3 is 10.3 Å². The summed E-state index contributed by atoms with van der Waals surface area (Å²) in [6, 6.07) is 0. The van der Waals surface area contributed by atoms with Crippen LogP contribution in [-0.4, -0.2) is 32.2 Å². The molecular weight excluding hydrogens is 238 g/mol. The molecule has 84 valence electrons. The van der Waals surface area contributed by atoms with Gasteiger partial charge in [0.25, 0.3) is 5.56 Å². The highest BCUT2D eigenvalue weighted by atomic mass is 35.5. The van der Waals surface area contributed by atoms with E-state index in [0.29, 0.717) is 23.9 Å². The van der Waals surface area contributed by atoms with Crippen LogP contribution in [-0.2, 0) is 10.8 Å². The van der Waals surface area contributed by atoms with Gasteiger partial charge in [0, 0.05) is 28.9 Å². The molecule has 1 rings (SSSR count). The average Bonchev–Trinajstić information content (AvgIpc) is 2.24. The molecule has 1 aromatic heterocycles. The van der Waals surface area contributed by atoms with Crippen LogP contribution in [0.1, 0.15) is 6.92 Å². The Morgan fingerprint density at radius 1 is 1.67 bits per heavy atom. The van der Waals surface area contributed by atoms with E-state index in [0.717, 1.165) is 0 Å². The molecule has 0 saturated carbocycles.